The van der Waals surface area contributed by atoms with Crippen molar-refractivity contribution in [3.63, 3.8) is 0 Å². The summed E-state index contributed by atoms with van der Waals surface area (Å²) < 4.78 is 41.6. The summed E-state index contributed by atoms with van der Waals surface area (Å²) in [7, 11) is 0. The monoisotopic (exact) mass is 448 g/mol. The van der Waals surface area contributed by atoms with Crippen molar-refractivity contribution in [3.05, 3.63) is 76.6 Å². The van der Waals surface area contributed by atoms with Crippen LogP contribution >= 0.6 is 11.6 Å². The minimum atomic E-state index is -4.79. The number of hydrogen-bond acceptors (Lipinski definition) is 3. The van der Waals surface area contributed by atoms with E-state index in [1.54, 1.807) is 24.3 Å². The van der Waals surface area contributed by atoms with Crippen LogP contribution in [0.3, 0.4) is 0 Å². The zero-order valence-corrected chi connectivity index (χ0v) is 17.2. The lowest BCUT2D eigenvalue weighted by Gasteiger charge is -2.23. The highest BCUT2D eigenvalue weighted by molar-refractivity contribution is 6.32. The summed E-state index contributed by atoms with van der Waals surface area (Å²) in [5.74, 6) is -0.447. The first kappa shape index (κ1) is 21.4. The number of halogens is 4. The summed E-state index contributed by atoms with van der Waals surface area (Å²) in [5.41, 5.74) is -0.0190. The van der Waals surface area contributed by atoms with Gasteiger partial charge >= 0.3 is 6.18 Å². The molecule has 1 aliphatic heterocycles. The molecule has 31 heavy (non-hydrogen) atoms. The predicted molar refractivity (Wildman–Crippen MR) is 113 cm³/mol. The second kappa shape index (κ2) is 8.72. The Kier molecular flexibility index (Phi) is 6.02. The van der Waals surface area contributed by atoms with Gasteiger partial charge in [0.15, 0.2) is 5.69 Å². The van der Waals surface area contributed by atoms with E-state index in [1.165, 1.54) is 12.1 Å². The number of anilines is 1. The molecule has 1 fully saturated rings. The highest BCUT2D eigenvalue weighted by atomic mass is 35.5. The Labute approximate surface area is 182 Å². The van der Waals surface area contributed by atoms with E-state index in [0.29, 0.717) is 11.6 Å². The summed E-state index contributed by atoms with van der Waals surface area (Å²) in [5, 5.41) is 9.66. The third-order valence-electron chi connectivity index (χ3n) is 5.31. The summed E-state index contributed by atoms with van der Waals surface area (Å²) in [4.78, 5) is 12.7. The number of nitrogens with zero attached hydrogens (tertiary/aromatic N) is 2. The van der Waals surface area contributed by atoms with Crippen LogP contribution in [0.15, 0.2) is 54.7 Å². The molecule has 1 saturated heterocycles. The fourth-order valence-electron chi connectivity index (χ4n) is 3.70. The van der Waals surface area contributed by atoms with Gasteiger partial charge in [-0.3, -0.25) is 4.79 Å². The van der Waals surface area contributed by atoms with Gasteiger partial charge in [0.05, 0.1) is 16.3 Å². The van der Waals surface area contributed by atoms with Gasteiger partial charge in [-0.05, 0) is 61.7 Å². The van der Waals surface area contributed by atoms with Crippen LogP contribution in [0.2, 0.25) is 5.02 Å². The maximum atomic E-state index is 13.5. The third kappa shape index (κ3) is 4.75. The van der Waals surface area contributed by atoms with Crippen molar-refractivity contribution in [1.82, 2.24) is 15.1 Å². The molecule has 0 unspecified atom stereocenters. The fraction of sp³-hybridized carbons (Fsp3) is 0.273. The zero-order chi connectivity index (χ0) is 22.0. The number of amides is 1. The van der Waals surface area contributed by atoms with Crippen LogP contribution in [0.25, 0.3) is 5.69 Å². The molecule has 2 N–H and O–H groups in total. The van der Waals surface area contributed by atoms with Crippen LogP contribution in [0, 0.1) is 0 Å². The van der Waals surface area contributed by atoms with E-state index in [4.69, 9.17) is 11.6 Å². The van der Waals surface area contributed by atoms with Crippen molar-refractivity contribution >= 4 is 23.2 Å². The number of hydrogen-bond donors (Lipinski definition) is 2. The number of nitrogens with one attached hydrogen (secondary N) is 2. The zero-order valence-electron chi connectivity index (χ0n) is 16.4. The molecule has 1 aromatic heterocycles. The van der Waals surface area contributed by atoms with Crippen molar-refractivity contribution in [2.45, 2.75) is 24.9 Å². The second-order valence-corrected chi connectivity index (χ2v) is 7.79. The molecular weight excluding hydrogens is 429 g/mol. The fourth-order valence-corrected chi connectivity index (χ4v) is 3.93. The lowest BCUT2D eigenvalue weighted by atomic mass is 9.90. The molecule has 0 atom stereocenters. The minimum absolute atomic E-state index is 0.221. The van der Waals surface area contributed by atoms with Crippen LogP contribution in [-0.2, 0) is 6.18 Å². The molecular formula is C22H20ClF3N4O. The molecule has 2 heterocycles. The molecule has 0 spiro atoms. The Morgan fingerprint density at radius 1 is 1.10 bits per heavy atom. The summed E-state index contributed by atoms with van der Waals surface area (Å²) in [6, 6.07) is 13.6. The summed E-state index contributed by atoms with van der Waals surface area (Å²) in [6.45, 7) is 1.91. The molecule has 9 heteroatoms. The van der Waals surface area contributed by atoms with E-state index in [-0.39, 0.29) is 10.7 Å². The highest BCUT2D eigenvalue weighted by Crippen LogP contribution is 2.33. The Bertz CT molecular complexity index is 1070. The standard InChI is InChI=1S/C22H20ClF3N4O/c23-18-3-1-2-4-19(18)30-13-17(20(29-30)22(24,25)26)21(31)28-16-7-5-14(6-8-16)15-9-11-27-12-10-15/h1-8,13,15,27H,9-12H2,(H,28,31). The molecule has 0 bridgehead atoms. The molecule has 162 valence electrons. The van der Waals surface area contributed by atoms with Gasteiger partial charge in [-0.1, -0.05) is 35.9 Å². The van der Waals surface area contributed by atoms with Crippen LogP contribution in [-0.4, -0.2) is 28.8 Å². The van der Waals surface area contributed by atoms with Gasteiger partial charge < -0.3 is 10.6 Å². The number of rotatable bonds is 4. The number of carbonyl (C=O) groups is 1. The van der Waals surface area contributed by atoms with E-state index in [0.717, 1.165) is 42.4 Å². The second-order valence-electron chi connectivity index (χ2n) is 7.39. The largest absolute Gasteiger partial charge is 0.435 e. The van der Waals surface area contributed by atoms with Crippen molar-refractivity contribution in [2.24, 2.45) is 0 Å². The van der Waals surface area contributed by atoms with Crippen molar-refractivity contribution in [2.75, 3.05) is 18.4 Å². The topological polar surface area (TPSA) is 59.0 Å². The van der Waals surface area contributed by atoms with Crippen LogP contribution in [0.1, 0.15) is 40.4 Å². The van der Waals surface area contributed by atoms with Crippen LogP contribution in [0.4, 0.5) is 18.9 Å². The third-order valence-corrected chi connectivity index (χ3v) is 5.63. The normalized spacial score (nSPS) is 15.1. The molecule has 0 saturated carbocycles. The number of piperidine rings is 1. The minimum Gasteiger partial charge on any atom is -0.322 e. The lowest BCUT2D eigenvalue weighted by Crippen LogP contribution is -2.26. The van der Waals surface area contributed by atoms with E-state index in [1.807, 2.05) is 12.1 Å². The highest BCUT2D eigenvalue weighted by Gasteiger charge is 2.39. The van der Waals surface area contributed by atoms with Gasteiger partial charge in [-0.25, -0.2) is 4.68 Å². The average molecular weight is 449 g/mol. The molecule has 3 aromatic rings. The molecule has 0 radical (unpaired) electrons. The lowest BCUT2D eigenvalue weighted by molar-refractivity contribution is -0.141. The molecule has 1 amide bonds. The van der Waals surface area contributed by atoms with E-state index in [9.17, 15) is 18.0 Å². The Morgan fingerprint density at radius 2 is 1.77 bits per heavy atom. The van der Waals surface area contributed by atoms with Gasteiger partial charge in [-0.15, -0.1) is 0 Å². The maximum absolute atomic E-state index is 13.5. The Hall–Kier alpha value is -2.84. The Morgan fingerprint density at radius 3 is 2.42 bits per heavy atom. The molecule has 1 aliphatic rings. The van der Waals surface area contributed by atoms with E-state index >= 15 is 0 Å². The number of para-hydroxylation sites is 1. The van der Waals surface area contributed by atoms with E-state index < -0.39 is 23.3 Å². The van der Waals surface area contributed by atoms with Gasteiger partial charge in [0.2, 0.25) is 0 Å². The first-order chi connectivity index (χ1) is 14.8. The summed E-state index contributed by atoms with van der Waals surface area (Å²) >= 11 is 6.08. The molecule has 2 aromatic carbocycles. The SMILES string of the molecule is O=C(Nc1ccc(C2CCNCC2)cc1)c1cn(-c2ccccc2Cl)nc1C(F)(F)F. The van der Waals surface area contributed by atoms with Gasteiger partial charge in [0, 0.05) is 11.9 Å². The Balaban J connectivity index is 1.58. The average Bonchev–Trinajstić information content (AvgIpc) is 3.21. The number of alkyl halides is 3. The first-order valence-electron chi connectivity index (χ1n) is 9.87. The molecule has 5 nitrogen and oxygen atoms in total. The van der Waals surface area contributed by atoms with Crippen LogP contribution < -0.4 is 10.6 Å². The van der Waals surface area contributed by atoms with Gasteiger partial charge in [-0.2, -0.15) is 18.3 Å². The first-order valence-corrected chi connectivity index (χ1v) is 10.2. The van der Waals surface area contributed by atoms with Crippen molar-refractivity contribution in [3.8, 4) is 5.69 Å². The quantitative estimate of drug-likeness (QED) is 0.572. The van der Waals surface area contributed by atoms with Gasteiger partial charge in [0.1, 0.15) is 0 Å². The van der Waals surface area contributed by atoms with Crippen LogP contribution in [0.5, 0.6) is 0 Å². The number of carbonyl (C=O) groups excluding carboxylic acids is 1. The summed E-state index contributed by atoms with van der Waals surface area (Å²) in [6.07, 6.45) is -1.69. The van der Waals surface area contributed by atoms with Crippen molar-refractivity contribution in [1.29, 1.82) is 0 Å². The predicted octanol–water partition coefficient (Wildman–Crippen LogP) is 5.26. The molecule has 0 aliphatic carbocycles. The number of benzene rings is 2. The maximum Gasteiger partial charge on any atom is 0.435 e. The smallest absolute Gasteiger partial charge is 0.322 e. The van der Waals surface area contributed by atoms with Crippen molar-refractivity contribution < 1.29 is 18.0 Å². The van der Waals surface area contributed by atoms with Gasteiger partial charge in [0.25, 0.3) is 5.91 Å². The number of aromatic nitrogens is 2. The van der Waals surface area contributed by atoms with E-state index in [2.05, 4.69) is 15.7 Å². The molecule has 4 rings (SSSR count).